The Morgan fingerprint density at radius 2 is 1.53 bits per heavy atom. The molecule has 2 saturated carbocycles. The highest BCUT2D eigenvalue weighted by molar-refractivity contribution is 5.68. The van der Waals surface area contributed by atoms with Crippen molar-refractivity contribution in [3.63, 3.8) is 0 Å². The lowest BCUT2D eigenvalue weighted by Gasteiger charge is -2.31. The van der Waals surface area contributed by atoms with E-state index in [0.29, 0.717) is 24.9 Å². The van der Waals surface area contributed by atoms with Crippen LogP contribution >= 0.6 is 0 Å². The zero-order valence-corrected chi connectivity index (χ0v) is 11.7. The van der Waals surface area contributed by atoms with Crippen molar-refractivity contribution in [2.24, 2.45) is 23.7 Å². The van der Waals surface area contributed by atoms with Gasteiger partial charge in [0.1, 0.15) is 5.60 Å². The van der Waals surface area contributed by atoms with E-state index in [1.54, 1.807) is 4.90 Å². The minimum atomic E-state index is -0.607. The predicted octanol–water partition coefficient (Wildman–Crippen LogP) is 0.841. The van der Waals surface area contributed by atoms with Crippen LogP contribution in [0.2, 0.25) is 0 Å². The molecule has 3 rings (SSSR count). The third-order valence-corrected chi connectivity index (χ3v) is 4.94. The number of hydrogen-bond acceptors (Lipinski definition) is 4. The summed E-state index contributed by atoms with van der Waals surface area (Å²) in [7, 11) is 0. The highest BCUT2D eigenvalue weighted by Gasteiger charge is 2.60. The van der Waals surface area contributed by atoms with Gasteiger partial charge in [-0.25, -0.2) is 4.79 Å². The summed E-state index contributed by atoms with van der Waals surface area (Å²) in [6.45, 7) is 6.89. The van der Waals surface area contributed by atoms with Crippen LogP contribution in [0.25, 0.3) is 0 Å². The molecule has 2 N–H and O–H groups in total. The number of rotatable bonds is 0. The summed E-state index contributed by atoms with van der Waals surface area (Å²) in [5, 5.41) is 19.9. The monoisotopic (exact) mass is 269 g/mol. The zero-order chi connectivity index (χ0) is 13.9. The van der Waals surface area contributed by atoms with Crippen molar-refractivity contribution in [1.82, 2.24) is 4.90 Å². The third kappa shape index (κ3) is 2.03. The summed E-state index contributed by atoms with van der Waals surface area (Å²) in [5.41, 5.74) is -0.479. The fourth-order valence-corrected chi connectivity index (χ4v) is 4.19. The highest BCUT2D eigenvalue weighted by Crippen LogP contribution is 2.55. The zero-order valence-electron chi connectivity index (χ0n) is 11.7. The molecule has 1 saturated heterocycles. The molecule has 1 amide bonds. The number of ether oxygens (including phenoxy) is 1. The molecule has 3 fully saturated rings. The summed E-state index contributed by atoms with van der Waals surface area (Å²) < 4.78 is 5.39. The first-order chi connectivity index (χ1) is 8.78. The Balaban J connectivity index is 1.68. The number of carbonyl (C=O) groups excluding carboxylic acids is 1. The molecule has 19 heavy (non-hydrogen) atoms. The lowest BCUT2D eigenvalue weighted by molar-refractivity contribution is -0.0460. The molecule has 1 heterocycles. The molecule has 3 aliphatic rings. The molecule has 5 nitrogen and oxygen atoms in total. The number of hydrogen-bond donors (Lipinski definition) is 2. The number of aliphatic hydroxyl groups excluding tert-OH is 2. The summed E-state index contributed by atoms with van der Waals surface area (Å²) in [6, 6.07) is 0. The maximum absolute atomic E-state index is 12.1. The van der Waals surface area contributed by atoms with E-state index in [9.17, 15) is 15.0 Å². The van der Waals surface area contributed by atoms with E-state index < -0.39 is 17.8 Å². The fourth-order valence-electron chi connectivity index (χ4n) is 4.19. The van der Waals surface area contributed by atoms with Gasteiger partial charge in [0.15, 0.2) is 0 Å². The standard InChI is InChI=1S/C14H23NO4/c1-14(2,3)19-13(18)15-5-9-7-4-8(10(9)6-15)12(17)11(7)16/h7-12,16-17H,4-6H2,1-3H3/t7-,8+,9-,10+,11-,12+. The lowest BCUT2D eigenvalue weighted by Crippen LogP contribution is -2.41. The van der Waals surface area contributed by atoms with Crippen LogP contribution in [0.3, 0.4) is 0 Å². The van der Waals surface area contributed by atoms with Crippen molar-refractivity contribution in [3.8, 4) is 0 Å². The minimum absolute atomic E-state index is 0.150. The molecular weight excluding hydrogens is 246 g/mol. The molecule has 0 spiro atoms. The molecule has 2 aliphatic carbocycles. The molecule has 0 unspecified atom stereocenters. The second-order valence-electron chi connectivity index (χ2n) is 7.26. The Hall–Kier alpha value is -0.810. The number of likely N-dealkylation sites (tertiary alicyclic amines) is 1. The van der Waals surface area contributed by atoms with Crippen LogP contribution in [0, 0.1) is 23.7 Å². The van der Waals surface area contributed by atoms with Crippen LogP contribution in [0.4, 0.5) is 4.79 Å². The maximum Gasteiger partial charge on any atom is 0.410 e. The number of aliphatic hydroxyl groups is 2. The van der Waals surface area contributed by atoms with E-state index in [-0.39, 0.29) is 17.9 Å². The largest absolute Gasteiger partial charge is 0.444 e. The number of nitrogens with zero attached hydrogens (tertiary/aromatic N) is 1. The first-order valence-corrected chi connectivity index (χ1v) is 7.12. The van der Waals surface area contributed by atoms with E-state index >= 15 is 0 Å². The van der Waals surface area contributed by atoms with E-state index in [4.69, 9.17) is 4.74 Å². The van der Waals surface area contributed by atoms with Crippen molar-refractivity contribution < 1.29 is 19.7 Å². The molecule has 0 aromatic rings. The van der Waals surface area contributed by atoms with Crippen LogP contribution in [0.1, 0.15) is 27.2 Å². The van der Waals surface area contributed by atoms with Crippen molar-refractivity contribution >= 4 is 6.09 Å². The average molecular weight is 269 g/mol. The van der Waals surface area contributed by atoms with Gasteiger partial charge in [0.2, 0.25) is 0 Å². The van der Waals surface area contributed by atoms with E-state index in [1.165, 1.54) is 0 Å². The normalized spacial score (nSPS) is 44.6. The van der Waals surface area contributed by atoms with Crippen LogP contribution < -0.4 is 0 Å². The first kappa shape index (κ1) is 13.2. The minimum Gasteiger partial charge on any atom is -0.444 e. The Kier molecular flexibility index (Phi) is 2.84. The number of carbonyl (C=O) groups is 1. The number of amides is 1. The highest BCUT2D eigenvalue weighted by atomic mass is 16.6. The van der Waals surface area contributed by atoms with Gasteiger partial charge in [-0.1, -0.05) is 0 Å². The average Bonchev–Trinajstić information content (AvgIpc) is 2.88. The van der Waals surface area contributed by atoms with E-state index in [1.807, 2.05) is 20.8 Å². The Morgan fingerprint density at radius 3 is 1.95 bits per heavy atom. The van der Waals surface area contributed by atoms with Gasteiger partial charge in [0.05, 0.1) is 12.2 Å². The summed E-state index contributed by atoms with van der Waals surface area (Å²) in [5.74, 6) is 0.960. The Bertz CT molecular complexity index is 369. The number of fused-ring (bicyclic) bond motifs is 5. The first-order valence-electron chi connectivity index (χ1n) is 7.12. The summed E-state index contributed by atoms with van der Waals surface area (Å²) in [4.78, 5) is 13.8. The van der Waals surface area contributed by atoms with Gasteiger partial charge in [0.25, 0.3) is 0 Å². The van der Waals surface area contributed by atoms with Gasteiger partial charge in [-0.15, -0.1) is 0 Å². The SMILES string of the molecule is CC(C)(C)OC(=O)N1C[C@@H]2[C@H](C1)[C@H]1C[C@@H]2[C@H](O)[C@@H]1O. The molecule has 0 aromatic carbocycles. The van der Waals surface area contributed by atoms with Gasteiger partial charge in [-0.2, -0.15) is 0 Å². The van der Waals surface area contributed by atoms with Crippen LogP contribution in [-0.2, 0) is 4.74 Å². The van der Waals surface area contributed by atoms with Gasteiger partial charge < -0.3 is 19.8 Å². The molecular formula is C14H23NO4. The van der Waals surface area contributed by atoms with E-state index in [0.717, 1.165) is 6.42 Å². The molecule has 1 aliphatic heterocycles. The van der Waals surface area contributed by atoms with Crippen LogP contribution in [-0.4, -0.2) is 52.1 Å². The van der Waals surface area contributed by atoms with Crippen molar-refractivity contribution in [2.75, 3.05) is 13.1 Å². The van der Waals surface area contributed by atoms with Gasteiger partial charge >= 0.3 is 6.09 Å². The predicted molar refractivity (Wildman–Crippen MR) is 68.4 cm³/mol. The Morgan fingerprint density at radius 1 is 1.05 bits per heavy atom. The quantitative estimate of drug-likeness (QED) is 0.684. The molecule has 108 valence electrons. The molecule has 2 bridgehead atoms. The molecule has 5 heteroatoms. The van der Waals surface area contributed by atoms with Gasteiger partial charge in [-0.05, 0) is 50.9 Å². The fraction of sp³-hybridized carbons (Fsp3) is 0.929. The van der Waals surface area contributed by atoms with Crippen molar-refractivity contribution in [1.29, 1.82) is 0 Å². The molecule has 6 atom stereocenters. The van der Waals surface area contributed by atoms with Crippen LogP contribution in [0.15, 0.2) is 0 Å². The van der Waals surface area contributed by atoms with Gasteiger partial charge in [-0.3, -0.25) is 0 Å². The van der Waals surface area contributed by atoms with E-state index in [2.05, 4.69) is 0 Å². The maximum atomic E-state index is 12.1. The Labute approximate surface area is 113 Å². The second-order valence-corrected chi connectivity index (χ2v) is 7.26. The molecule has 0 aromatic heterocycles. The second kappa shape index (κ2) is 4.09. The smallest absolute Gasteiger partial charge is 0.410 e. The molecule has 0 radical (unpaired) electrons. The van der Waals surface area contributed by atoms with Crippen molar-refractivity contribution in [3.05, 3.63) is 0 Å². The summed E-state index contributed by atoms with van der Waals surface area (Å²) >= 11 is 0. The summed E-state index contributed by atoms with van der Waals surface area (Å²) in [6.07, 6.45) is -0.584. The van der Waals surface area contributed by atoms with Gasteiger partial charge in [0, 0.05) is 13.1 Å². The van der Waals surface area contributed by atoms with Crippen LogP contribution in [0.5, 0.6) is 0 Å². The third-order valence-electron chi connectivity index (χ3n) is 4.94. The van der Waals surface area contributed by atoms with Crippen molar-refractivity contribution in [2.45, 2.75) is 45.0 Å². The topological polar surface area (TPSA) is 70.0 Å². The lowest BCUT2D eigenvalue weighted by atomic mass is 9.79.